The third-order valence-electron chi connectivity index (χ3n) is 6.95. The zero-order chi connectivity index (χ0) is 29.1. The van der Waals surface area contributed by atoms with Gasteiger partial charge in [0.2, 0.25) is 17.7 Å². The first-order valence-electron chi connectivity index (χ1n) is 13.0. The number of hydroxylamine groups is 1. The standard InChI is InChI=1S/C28H30FN7O5/c1-15(37)36-13-19(41-16(2)38)10-18(36)14-40-35-27-22-12-31-28(30)34-25(22)11-24(33-27)20-8-7-17(29)9-21(20)23-5-4-6-26(32-23)39-3/h4-9,12,18-19,24H,10-11,13-14H2,1-3H3,(H,33,35)(H2,30,31,34)/t18-,19+,24+/m0/s1. The lowest BCUT2D eigenvalue weighted by Gasteiger charge is -2.26. The number of halogens is 1. The number of hydrogen-bond acceptors (Lipinski definition) is 11. The van der Waals surface area contributed by atoms with Crippen molar-refractivity contribution in [3.05, 3.63) is 65.2 Å². The SMILES string of the molecule is COc1cccc(-c2cc(F)ccc2[C@H]2Cc3nc(N)ncc3C(NOC[C@@H]3C[C@@H](OC(C)=O)CN3C(C)=O)=N2)n1. The number of fused-ring (bicyclic) bond motifs is 1. The predicted octanol–water partition coefficient (Wildman–Crippen LogP) is 2.39. The van der Waals surface area contributed by atoms with E-state index in [1.807, 2.05) is 0 Å². The number of hydrogen-bond donors (Lipinski definition) is 2. The summed E-state index contributed by atoms with van der Waals surface area (Å²) in [6.07, 6.45) is 1.98. The van der Waals surface area contributed by atoms with Crippen molar-refractivity contribution in [2.75, 3.05) is 26.0 Å². The van der Waals surface area contributed by atoms with Gasteiger partial charge in [-0.25, -0.2) is 24.8 Å². The number of ether oxygens (including phenoxy) is 2. The number of nitrogens with zero attached hydrogens (tertiary/aromatic N) is 5. The van der Waals surface area contributed by atoms with Gasteiger partial charge in [-0.15, -0.1) is 0 Å². The molecule has 2 aliphatic rings. The highest BCUT2D eigenvalue weighted by Crippen LogP contribution is 2.35. The summed E-state index contributed by atoms with van der Waals surface area (Å²) in [5.74, 6) is -0.102. The summed E-state index contributed by atoms with van der Waals surface area (Å²) >= 11 is 0. The van der Waals surface area contributed by atoms with Gasteiger partial charge in [-0.2, -0.15) is 0 Å². The van der Waals surface area contributed by atoms with Crippen molar-refractivity contribution in [1.29, 1.82) is 0 Å². The molecule has 4 heterocycles. The Morgan fingerprint density at radius 1 is 1.17 bits per heavy atom. The van der Waals surface area contributed by atoms with Gasteiger partial charge < -0.3 is 20.1 Å². The molecule has 2 aliphatic heterocycles. The quantitative estimate of drug-likeness (QED) is 0.323. The summed E-state index contributed by atoms with van der Waals surface area (Å²) in [7, 11) is 1.51. The molecule has 2 aromatic heterocycles. The van der Waals surface area contributed by atoms with Crippen molar-refractivity contribution < 1.29 is 28.3 Å². The molecule has 1 aromatic carbocycles. The molecule has 1 saturated heterocycles. The highest BCUT2D eigenvalue weighted by atomic mass is 19.1. The van der Waals surface area contributed by atoms with Gasteiger partial charge in [0.25, 0.3) is 0 Å². The molecule has 0 radical (unpaired) electrons. The fourth-order valence-electron chi connectivity index (χ4n) is 5.16. The first kappa shape index (κ1) is 27.9. The molecule has 13 heteroatoms. The molecule has 214 valence electrons. The maximum Gasteiger partial charge on any atom is 0.302 e. The Kier molecular flexibility index (Phi) is 8.06. The van der Waals surface area contributed by atoms with Crippen LogP contribution in [0.3, 0.4) is 0 Å². The average Bonchev–Trinajstić information content (AvgIpc) is 3.34. The summed E-state index contributed by atoms with van der Waals surface area (Å²) in [6, 6.07) is 8.93. The van der Waals surface area contributed by atoms with E-state index >= 15 is 0 Å². The smallest absolute Gasteiger partial charge is 0.302 e. The van der Waals surface area contributed by atoms with E-state index in [0.717, 1.165) is 5.56 Å². The Morgan fingerprint density at radius 3 is 2.76 bits per heavy atom. The molecule has 0 spiro atoms. The Balaban J connectivity index is 1.42. The fourth-order valence-corrected chi connectivity index (χ4v) is 5.16. The van der Waals surface area contributed by atoms with E-state index in [4.69, 9.17) is 25.0 Å². The minimum absolute atomic E-state index is 0.109. The van der Waals surface area contributed by atoms with E-state index in [1.165, 1.54) is 33.1 Å². The molecule has 1 fully saturated rings. The Hall–Kier alpha value is -4.65. The molecule has 3 N–H and O–H groups in total. The van der Waals surface area contributed by atoms with E-state index < -0.39 is 23.9 Å². The number of benzene rings is 1. The van der Waals surface area contributed by atoms with Crippen molar-refractivity contribution in [3.8, 4) is 17.1 Å². The van der Waals surface area contributed by atoms with Crippen molar-refractivity contribution in [2.24, 2.45) is 4.99 Å². The molecule has 0 aliphatic carbocycles. The lowest BCUT2D eigenvalue weighted by molar-refractivity contribution is -0.146. The lowest BCUT2D eigenvalue weighted by Crippen LogP contribution is -2.40. The largest absolute Gasteiger partial charge is 0.481 e. The van der Waals surface area contributed by atoms with Gasteiger partial charge in [0.15, 0.2) is 5.84 Å². The Bertz CT molecular complexity index is 1500. The third-order valence-corrected chi connectivity index (χ3v) is 6.95. The average molecular weight is 564 g/mol. The Labute approximate surface area is 235 Å². The molecule has 0 bridgehead atoms. The zero-order valence-corrected chi connectivity index (χ0v) is 22.8. The number of aromatic nitrogens is 3. The van der Waals surface area contributed by atoms with Gasteiger partial charge in [0.05, 0.1) is 49.3 Å². The maximum atomic E-state index is 14.4. The minimum Gasteiger partial charge on any atom is -0.481 e. The highest BCUT2D eigenvalue weighted by molar-refractivity contribution is 6.00. The van der Waals surface area contributed by atoms with Crippen LogP contribution >= 0.6 is 0 Å². The number of anilines is 1. The number of esters is 1. The molecular formula is C28H30FN7O5. The maximum absolute atomic E-state index is 14.4. The number of methoxy groups -OCH3 is 1. The molecule has 12 nitrogen and oxygen atoms in total. The second kappa shape index (κ2) is 11.8. The van der Waals surface area contributed by atoms with Gasteiger partial charge in [-0.3, -0.25) is 19.4 Å². The van der Waals surface area contributed by atoms with Crippen LogP contribution in [0.2, 0.25) is 0 Å². The molecule has 1 amide bonds. The highest BCUT2D eigenvalue weighted by Gasteiger charge is 2.36. The van der Waals surface area contributed by atoms with Crippen molar-refractivity contribution in [2.45, 2.75) is 44.9 Å². The number of amides is 1. The minimum atomic E-state index is -0.486. The summed E-state index contributed by atoms with van der Waals surface area (Å²) in [5.41, 5.74) is 11.8. The first-order valence-corrected chi connectivity index (χ1v) is 13.0. The van der Waals surface area contributed by atoms with Crippen molar-refractivity contribution >= 4 is 23.7 Å². The normalized spacial score (nSPS) is 19.8. The van der Waals surface area contributed by atoms with Crippen LogP contribution in [0.1, 0.15) is 43.1 Å². The van der Waals surface area contributed by atoms with Crippen LogP contribution in [-0.4, -0.2) is 70.0 Å². The second-order valence-corrected chi connectivity index (χ2v) is 9.79. The van der Waals surface area contributed by atoms with Crippen molar-refractivity contribution in [1.82, 2.24) is 25.3 Å². The predicted molar refractivity (Wildman–Crippen MR) is 146 cm³/mol. The molecule has 3 aromatic rings. The van der Waals surface area contributed by atoms with Gasteiger partial charge in [-0.05, 0) is 23.8 Å². The van der Waals surface area contributed by atoms with E-state index in [2.05, 4.69) is 20.4 Å². The number of nitrogen functional groups attached to an aromatic ring is 1. The van der Waals surface area contributed by atoms with Crippen molar-refractivity contribution in [3.63, 3.8) is 0 Å². The lowest BCUT2D eigenvalue weighted by atomic mass is 9.92. The van der Waals surface area contributed by atoms with Crippen LogP contribution in [-0.2, 0) is 25.6 Å². The van der Waals surface area contributed by atoms with Crippen LogP contribution in [0, 0.1) is 5.82 Å². The molecule has 0 unspecified atom stereocenters. The number of carbonyl (C=O) groups is 2. The topological polar surface area (TPSA) is 154 Å². The van der Waals surface area contributed by atoms with Gasteiger partial charge in [-0.1, -0.05) is 12.1 Å². The van der Waals surface area contributed by atoms with E-state index in [1.54, 1.807) is 35.4 Å². The monoisotopic (exact) mass is 563 g/mol. The van der Waals surface area contributed by atoms with Crippen LogP contribution < -0.4 is 16.0 Å². The van der Waals surface area contributed by atoms with Crippen LogP contribution in [0.15, 0.2) is 47.6 Å². The molecule has 5 rings (SSSR count). The van der Waals surface area contributed by atoms with Crippen LogP contribution in [0.5, 0.6) is 5.88 Å². The molecule has 0 saturated carbocycles. The first-order chi connectivity index (χ1) is 19.7. The summed E-state index contributed by atoms with van der Waals surface area (Å²) in [6.45, 7) is 3.21. The van der Waals surface area contributed by atoms with Gasteiger partial charge in [0, 0.05) is 44.5 Å². The third kappa shape index (κ3) is 6.24. The summed E-state index contributed by atoms with van der Waals surface area (Å²) in [4.78, 5) is 49.0. The van der Waals surface area contributed by atoms with E-state index in [9.17, 15) is 14.0 Å². The fraction of sp³-hybridized carbons (Fsp3) is 0.357. The number of nitrogens with one attached hydrogen (secondary N) is 1. The number of carbonyl (C=O) groups excluding carboxylic acids is 2. The summed E-state index contributed by atoms with van der Waals surface area (Å²) in [5, 5.41) is 0. The molecule has 41 heavy (non-hydrogen) atoms. The van der Waals surface area contributed by atoms with Gasteiger partial charge >= 0.3 is 5.97 Å². The number of nitrogens with two attached hydrogens (primary N) is 1. The van der Waals surface area contributed by atoms with E-state index in [-0.39, 0.29) is 24.5 Å². The number of amidine groups is 1. The summed E-state index contributed by atoms with van der Waals surface area (Å²) < 4.78 is 25.0. The molecular weight excluding hydrogens is 533 g/mol. The van der Waals surface area contributed by atoms with Gasteiger partial charge in [0.1, 0.15) is 11.9 Å². The van der Waals surface area contributed by atoms with Crippen LogP contribution in [0.4, 0.5) is 10.3 Å². The number of rotatable bonds is 7. The number of pyridine rings is 1. The van der Waals surface area contributed by atoms with Crippen LogP contribution in [0.25, 0.3) is 11.3 Å². The molecule has 3 atom stereocenters. The number of likely N-dealkylation sites (tertiary alicyclic amines) is 1. The zero-order valence-electron chi connectivity index (χ0n) is 22.8. The number of aliphatic imine (C=N–C) groups is 1. The Morgan fingerprint density at radius 2 is 2.00 bits per heavy atom. The second-order valence-electron chi connectivity index (χ2n) is 9.79. The van der Waals surface area contributed by atoms with E-state index in [0.29, 0.717) is 53.6 Å².